The number of anilines is 2. The summed E-state index contributed by atoms with van der Waals surface area (Å²) in [6, 6.07) is 19.6. The molecule has 2 aromatic carbocycles. The van der Waals surface area contributed by atoms with E-state index in [4.69, 9.17) is 0 Å². The maximum Gasteiger partial charge on any atom is 0.265 e. The Kier molecular flexibility index (Phi) is 5.50. The first-order chi connectivity index (χ1) is 13.7. The molecule has 1 atom stereocenters. The molecule has 1 aliphatic rings. The highest BCUT2D eigenvalue weighted by atomic mass is 32.2. The van der Waals surface area contributed by atoms with Gasteiger partial charge in [0.15, 0.2) is 0 Å². The van der Waals surface area contributed by atoms with Gasteiger partial charge >= 0.3 is 0 Å². The largest absolute Gasteiger partial charge is 0.321 e. The first kappa shape index (κ1) is 18.8. The van der Waals surface area contributed by atoms with E-state index in [0.29, 0.717) is 10.6 Å². The molecule has 4 nitrogen and oxygen atoms in total. The van der Waals surface area contributed by atoms with Gasteiger partial charge in [-0.25, -0.2) is 0 Å². The molecule has 4 rings (SSSR count). The summed E-state index contributed by atoms with van der Waals surface area (Å²) in [6.45, 7) is 2.11. The van der Waals surface area contributed by atoms with E-state index >= 15 is 0 Å². The zero-order valence-corrected chi connectivity index (χ0v) is 17.1. The lowest BCUT2D eigenvalue weighted by Crippen LogP contribution is -2.28. The molecule has 1 saturated heterocycles. The second kappa shape index (κ2) is 8.20. The van der Waals surface area contributed by atoms with Crippen molar-refractivity contribution in [2.24, 2.45) is 0 Å². The van der Waals surface area contributed by atoms with Gasteiger partial charge in [-0.15, -0.1) is 23.1 Å². The highest BCUT2D eigenvalue weighted by Crippen LogP contribution is 2.42. The lowest BCUT2D eigenvalue weighted by atomic mass is 10.1. The van der Waals surface area contributed by atoms with Crippen LogP contribution in [0.2, 0.25) is 0 Å². The first-order valence-electron chi connectivity index (χ1n) is 9.13. The number of nitrogens with zero attached hydrogens (tertiary/aromatic N) is 1. The maximum absolute atomic E-state index is 12.6. The van der Waals surface area contributed by atoms with Gasteiger partial charge < -0.3 is 5.32 Å². The Hall–Kier alpha value is -2.57. The predicted octanol–water partition coefficient (Wildman–Crippen LogP) is 5.34. The van der Waals surface area contributed by atoms with Crippen molar-refractivity contribution in [2.45, 2.75) is 18.7 Å². The lowest BCUT2D eigenvalue weighted by molar-refractivity contribution is -0.115. The number of hydrogen-bond donors (Lipinski definition) is 1. The van der Waals surface area contributed by atoms with Crippen molar-refractivity contribution in [3.63, 3.8) is 0 Å². The molecule has 142 valence electrons. The summed E-state index contributed by atoms with van der Waals surface area (Å²) in [5, 5.41) is 4.74. The summed E-state index contributed by atoms with van der Waals surface area (Å²) >= 11 is 3.02. The average Bonchev–Trinajstić information content (AvgIpc) is 3.38. The zero-order chi connectivity index (χ0) is 19.5. The van der Waals surface area contributed by atoms with Crippen LogP contribution in [0.1, 0.15) is 33.1 Å². The van der Waals surface area contributed by atoms with Crippen LogP contribution >= 0.6 is 23.1 Å². The summed E-state index contributed by atoms with van der Waals surface area (Å²) in [6.07, 6.45) is 0.928. The van der Waals surface area contributed by atoms with E-state index in [9.17, 15) is 9.59 Å². The highest BCUT2D eigenvalue weighted by Gasteiger charge is 2.34. The monoisotopic (exact) mass is 408 g/mol. The fourth-order valence-corrected chi connectivity index (χ4v) is 5.03. The minimum atomic E-state index is -0.116. The van der Waals surface area contributed by atoms with Gasteiger partial charge in [-0.3, -0.25) is 14.5 Å². The SMILES string of the molecule is CCc1cccc(N2C(=O)CS[C@@H]2c2cccc(NC(=O)c3cccs3)c2)c1. The Balaban J connectivity index is 1.60. The minimum absolute atomic E-state index is 0.0989. The molecule has 28 heavy (non-hydrogen) atoms. The van der Waals surface area contributed by atoms with Crippen molar-refractivity contribution in [1.82, 2.24) is 0 Å². The number of hydrogen-bond acceptors (Lipinski definition) is 4. The number of carbonyl (C=O) groups is 2. The number of thioether (sulfide) groups is 1. The third-order valence-electron chi connectivity index (χ3n) is 4.64. The van der Waals surface area contributed by atoms with E-state index in [2.05, 4.69) is 24.4 Å². The van der Waals surface area contributed by atoms with Crippen molar-refractivity contribution in [3.8, 4) is 0 Å². The number of aryl methyl sites for hydroxylation is 1. The molecule has 0 radical (unpaired) electrons. The number of benzene rings is 2. The van der Waals surface area contributed by atoms with Gasteiger partial charge in [0.05, 0.1) is 10.6 Å². The van der Waals surface area contributed by atoms with Crippen LogP contribution in [0.4, 0.5) is 11.4 Å². The van der Waals surface area contributed by atoms with E-state index in [0.717, 1.165) is 23.4 Å². The van der Waals surface area contributed by atoms with Crippen molar-refractivity contribution in [1.29, 1.82) is 0 Å². The van der Waals surface area contributed by atoms with Gasteiger partial charge in [0.1, 0.15) is 5.37 Å². The Labute approximate surface area is 172 Å². The van der Waals surface area contributed by atoms with Gasteiger partial charge in [-0.2, -0.15) is 0 Å². The lowest BCUT2D eigenvalue weighted by Gasteiger charge is -2.25. The molecule has 2 heterocycles. The van der Waals surface area contributed by atoms with Crippen LogP contribution in [0.25, 0.3) is 0 Å². The highest BCUT2D eigenvalue weighted by molar-refractivity contribution is 8.00. The van der Waals surface area contributed by atoms with Crippen molar-refractivity contribution >= 4 is 46.3 Å². The summed E-state index contributed by atoms with van der Waals surface area (Å²) in [7, 11) is 0. The van der Waals surface area contributed by atoms with E-state index in [1.54, 1.807) is 17.8 Å². The molecule has 0 bridgehead atoms. The zero-order valence-electron chi connectivity index (χ0n) is 15.4. The second-order valence-corrected chi connectivity index (χ2v) is 8.52. The predicted molar refractivity (Wildman–Crippen MR) is 117 cm³/mol. The molecule has 3 aromatic rings. The Morgan fingerprint density at radius 1 is 1.14 bits per heavy atom. The fraction of sp³-hybridized carbons (Fsp3) is 0.182. The number of rotatable bonds is 5. The molecule has 1 N–H and O–H groups in total. The molecule has 1 aliphatic heterocycles. The number of carbonyl (C=O) groups excluding carboxylic acids is 2. The van der Waals surface area contributed by atoms with Crippen LogP contribution in [0, 0.1) is 0 Å². The standard InChI is InChI=1S/C22H20N2O2S2/c1-2-15-6-3-9-18(12-15)24-20(25)14-28-22(24)16-7-4-8-17(13-16)23-21(26)19-10-5-11-27-19/h3-13,22H,2,14H2,1H3,(H,23,26)/t22-/m1/s1. The van der Waals surface area contributed by atoms with Gasteiger partial charge in [0.2, 0.25) is 5.91 Å². The van der Waals surface area contributed by atoms with Gasteiger partial charge in [-0.05, 0) is 53.3 Å². The third kappa shape index (κ3) is 3.84. The molecule has 6 heteroatoms. The van der Waals surface area contributed by atoms with Gasteiger partial charge in [0, 0.05) is 11.4 Å². The van der Waals surface area contributed by atoms with E-state index in [1.807, 2.05) is 52.7 Å². The number of nitrogens with one attached hydrogen (secondary N) is 1. The Morgan fingerprint density at radius 2 is 2.00 bits per heavy atom. The summed E-state index contributed by atoms with van der Waals surface area (Å²) < 4.78 is 0. The summed E-state index contributed by atoms with van der Waals surface area (Å²) in [4.78, 5) is 27.5. The Bertz CT molecular complexity index is 1000. The summed E-state index contributed by atoms with van der Waals surface area (Å²) in [5.41, 5.74) is 3.87. The smallest absolute Gasteiger partial charge is 0.265 e. The first-order valence-corrected chi connectivity index (χ1v) is 11.1. The third-order valence-corrected chi connectivity index (χ3v) is 6.72. The number of thiophene rings is 1. The van der Waals surface area contributed by atoms with Gasteiger partial charge in [-0.1, -0.05) is 37.3 Å². The van der Waals surface area contributed by atoms with Crippen LogP contribution < -0.4 is 10.2 Å². The van der Waals surface area contributed by atoms with Crippen LogP contribution in [-0.2, 0) is 11.2 Å². The van der Waals surface area contributed by atoms with E-state index in [1.165, 1.54) is 16.9 Å². The normalized spacial score (nSPS) is 16.4. The van der Waals surface area contributed by atoms with Crippen LogP contribution in [0.3, 0.4) is 0 Å². The van der Waals surface area contributed by atoms with E-state index < -0.39 is 0 Å². The molecule has 0 spiro atoms. The van der Waals surface area contributed by atoms with Crippen LogP contribution in [0.5, 0.6) is 0 Å². The van der Waals surface area contributed by atoms with Crippen molar-refractivity contribution in [3.05, 3.63) is 82.0 Å². The number of amides is 2. The summed E-state index contributed by atoms with van der Waals surface area (Å²) in [5.74, 6) is 0.443. The average molecular weight is 409 g/mol. The molecule has 1 aromatic heterocycles. The minimum Gasteiger partial charge on any atom is -0.321 e. The molecule has 1 fully saturated rings. The molecule has 0 unspecified atom stereocenters. The maximum atomic E-state index is 12.6. The molecular weight excluding hydrogens is 388 g/mol. The van der Waals surface area contributed by atoms with Crippen molar-refractivity contribution < 1.29 is 9.59 Å². The molecule has 0 aliphatic carbocycles. The van der Waals surface area contributed by atoms with Crippen LogP contribution in [-0.4, -0.2) is 17.6 Å². The molecular formula is C22H20N2O2S2. The second-order valence-electron chi connectivity index (χ2n) is 6.51. The molecule has 2 amide bonds. The molecule has 0 saturated carbocycles. The quantitative estimate of drug-likeness (QED) is 0.620. The van der Waals surface area contributed by atoms with Crippen molar-refractivity contribution in [2.75, 3.05) is 16.0 Å². The van der Waals surface area contributed by atoms with E-state index in [-0.39, 0.29) is 17.2 Å². The topological polar surface area (TPSA) is 49.4 Å². The Morgan fingerprint density at radius 3 is 2.79 bits per heavy atom. The van der Waals surface area contributed by atoms with Crippen LogP contribution in [0.15, 0.2) is 66.0 Å². The fourth-order valence-electron chi connectivity index (χ4n) is 3.25. The van der Waals surface area contributed by atoms with Gasteiger partial charge in [0.25, 0.3) is 5.91 Å².